The van der Waals surface area contributed by atoms with Crippen molar-refractivity contribution in [1.82, 2.24) is 15.3 Å². The molecule has 4 N–H and O–H groups in total. The van der Waals surface area contributed by atoms with E-state index < -0.39 is 58.9 Å². The maximum Gasteiger partial charge on any atom is 0.433 e. The molecule has 9 nitrogen and oxygen atoms in total. The Labute approximate surface area is 266 Å². The summed E-state index contributed by atoms with van der Waals surface area (Å²) in [4.78, 5) is 33.4. The number of nitrogens with two attached hydrogens (primary N) is 1. The second-order valence-corrected chi connectivity index (χ2v) is 11.8. The van der Waals surface area contributed by atoms with Crippen LogP contribution in [0.1, 0.15) is 47.1 Å². The number of pyridine rings is 2. The van der Waals surface area contributed by atoms with Gasteiger partial charge in [0.25, 0.3) is 5.91 Å². The average Bonchev–Trinajstić information content (AvgIpc) is 3.78. The predicted molar refractivity (Wildman–Crippen MR) is 154 cm³/mol. The van der Waals surface area contributed by atoms with Crippen molar-refractivity contribution in [2.75, 3.05) is 13.2 Å². The van der Waals surface area contributed by atoms with Gasteiger partial charge in [-0.2, -0.15) is 26.3 Å². The summed E-state index contributed by atoms with van der Waals surface area (Å²) in [5.74, 6) is -3.00. The first-order valence-electron chi connectivity index (χ1n) is 14.4. The van der Waals surface area contributed by atoms with Gasteiger partial charge in [-0.25, -0.2) is 14.4 Å². The lowest BCUT2D eigenvalue weighted by atomic mass is 9.81. The molecule has 1 saturated carbocycles. The Morgan fingerprint density at radius 1 is 1.02 bits per heavy atom. The molecule has 1 aliphatic carbocycles. The van der Waals surface area contributed by atoms with E-state index in [-0.39, 0.29) is 57.5 Å². The van der Waals surface area contributed by atoms with Crippen molar-refractivity contribution in [2.45, 2.75) is 49.2 Å². The third-order valence-electron chi connectivity index (χ3n) is 8.26. The van der Waals surface area contributed by atoms with Crippen LogP contribution in [-0.4, -0.2) is 52.3 Å². The number of aliphatic hydroxyl groups is 1. The van der Waals surface area contributed by atoms with E-state index in [1.165, 1.54) is 19.1 Å². The standard InChI is InChI=1S/C32H25F7N4O5/c1-29(28(40)45)14-47-26-20(29)12-23(43-25(26)15-2-5-18(33)6-3-15)30(46,32(37,38)39)13-41-27(44)17-10-16-4-9-22(31(34,35)36)42-24(16)21(11-17)48-19-7-8-19/h2-6,9-12,19,46H,7-8,13-14H2,1H3,(H2,40,45)(H,41,44)/t29-,30-/m0/s1. The van der Waals surface area contributed by atoms with Gasteiger partial charge >= 0.3 is 12.4 Å². The van der Waals surface area contributed by atoms with E-state index in [1.54, 1.807) is 0 Å². The van der Waals surface area contributed by atoms with Crippen LogP contribution in [0.3, 0.4) is 0 Å². The molecule has 3 heterocycles. The van der Waals surface area contributed by atoms with E-state index in [1.807, 2.05) is 5.32 Å². The lowest BCUT2D eigenvalue weighted by Crippen LogP contribution is -2.51. The molecule has 16 heteroatoms. The van der Waals surface area contributed by atoms with Gasteiger partial charge in [0.2, 0.25) is 11.5 Å². The van der Waals surface area contributed by atoms with E-state index in [0.29, 0.717) is 18.9 Å². The molecule has 0 saturated heterocycles. The number of ether oxygens (including phenoxy) is 2. The minimum absolute atomic E-state index is 0.0485. The molecular weight excluding hydrogens is 653 g/mol. The monoisotopic (exact) mass is 678 g/mol. The molecule has 2 aromatic heterocycles. The summed E-state index contributed by atoms with van der Waals surface area (Å²) in [5, 5.41) is 13.4. The number of fused-ring (bicyclic) bond motifs is 2. The Morgan fingerprint density at radius 2 is 1.71 bits per heavy atom. The Hall–Kier alpha value is -4.99. The first kappa shape index (κ1) is 32.9. The van der Waals surface area contributed by atoms with Crippen LogP contribution in [0.5, 0.6) is 11.5 Å². The number of hydrogen-bond acceptors (Lipinski definition) is 7. The lowest BCUT2D eigenvalue weighted by molar-refractivity contribution is -0.265. The summed E-state index contributed by atoms with van der Waals surface area (Å²) in [6, 6.07) is 9.23. The lowest BCUT2D eigenvalue weighted by Gasteiger charge is -2.31. The predicted octanol–water partition coefficient (Wildman–Crippen LogP) is 5.31. The summed E-state index contributed by atoms with van der Waals surface area (Å²) < 4.78 is 109. The van der Waals surface area contributed by atoms with E-state index >= 15 is 0 Å². The molecule has 1 fully saturated rings. The molecule has 252 valence electrons. The van der Waals surface area contributed by atoms with Crippen molar-refractivity contribution >= 4 is 22.7 Å². The number of halogens is 7. The number of rotatable bonds is 8. The summed E-state index contributed by atoms with van der Waals surface area (Å²) in [6.45, 7) is -0.508. The number of nitrogens with zero attached hydrogens (tertiary/aromatic N) is 2. The number of hydrogen-bond donors (Lipinski definition) is 3. The molecule has 2 amide bonds. The fourth-order valence-electron chi connectivity index (χ4n) is 5.20. The quantitative estimate of drug-likeness (QED) is 0.215. The van der Waals surface area contributed by atoms with Gasteiger partial charge in [0.15, 0.2) is 0 Å². The van der Waals surface area contributed by atoms with Crippen molar-refractivity contribution in [3.8, 4) is 22.8 Å². The number of carbonyl (C=O) groups is 2. The minimum atomic E-state index is -5.47. The Morgan fingerprint density at radius 3 is 2.31 bits per heavy atom. The number of nitrogens with one attached hydrogen (secondary N) is 1. The third-order valence-corrected chi connectivity index (χ3v) is 8.26. The maximum absolute atomic E-state index is 14.8. The van der Waals surface area contributed by atoms with Crippen molar-refractivity contribution in [3.63, 3.8) is 0 Å². The molecule has 0 unspecified atom stereocenters. The van der Waals surface area contributed by atoms with Crippen LogP contribution in [0, 0.1) is 5.82 Å². The van der Waals surface area contributed by atoms with Gasteiger partial charge in [0.05, 0.1) is 18.3 Å². The summed E-state index contributed by atoms with van der Waals surface area (Å²) in [5.41, 5.74) is -2.90. The molecule has 2 aromatic carbocycles. The first-order valence-corrected chi connectivity index (χ1v) is 14.4. The van der Waals surface area contributed by atoms with Crippen molar-refractivity contribution in [1.29, 1.82) is 0 Å². The van der Waals surface area contributed by atoms with Crippen LogP contribution >= 0.6 is 0 Å². The number of alkyl halides is 6. The largest absolute Gasteiger partial charge is 0.489 e. The highest BCUT2D eigenvalue weighted by atomic mass is 19.4. The van der Waals surface area contributed by atoms with Crippen molar-refractivity contribution < 1.29 is 54.9 Å². The zero-order valence-corrected chi connectivity index (χ0v) is 24.8. The molecule has 2 atom stereocenters. The molecule has 4 aromatic rings. The van der Waals surface area contributed by atoms with Crippen molar-refractivity contribution in [3.05, 3.63) is 82.9 Å². The molecule has 0 bridgehead atoms. The topological polar surface area (TPSA) is 137 Å². The van der Waals surface area contributed by atoms with Gasteiger partial charge in [-0.05, 0) is 68.3 Å². The number of aromatic nitrogens is 2. The minimum Gasteiger partial charge on any atom is -0.489 e. The zero-order chi connectivity index (χ0) is 34.8. The zero-order valence-electron chi connectivity index (χ0n) is 24.8. The number of amides is 2. The Bertz CT molecular complexity index is 1950. The summed E-state index contributed by atoms with van der Waals surface area (Å²) in [7, 11) is 0. The smallest absolute Gasteiger partial charge is 0.433 e. The van der Waals surface area contributed by atoms with Gasteiger partial charge in [-0.1, -0.05) is 6.07 Å². The Balaban J connectivity index is 1.39. The second-order valence-electron chi connectivity index (χ2n) is 11.8. The van der Waals surface area contributed by atoms with Gasteiger partial charge < -0.3 is 25.6 Å². The fourth-order valence-corrected chi connectivity index (χ4v) is 5.20. The number of primary amides is 1. The van der Waals surface area contributed by atoms with Gasteiger partial charge in [0, 0.05) is 22.1 Å². The SMILES string of the molecule is C[C@]1(C(N)=O)COc2c1cc([C@@](O)(CNC(=O)c1cc(OC3CC3)c3nc(C(F)(F)F)ccc3c1)C(F)(F)F)nc2-c1ccc(F)cc1. The third kappa shape index (κ3) is 5.84. The summed E-state index contributed by atoms with van der Waals surface area (Å²) in [6.07, 6.45) is -9.38. The highest BCUT2D eigenvalue weighted by Crippen LogP contribution is 2.48. The number of benzene rings is 2. The van der Waals surface area contributed by atoms with Crippen LogP contribution < -0.4 is 20.5 Å². The molecule has 2 aliphatic rings. The molecule has 0 radical (unpaired) electrons. The first-order chi connectivity index (χ1) is 22.4. The highest BCUT2D eigenvalue weighted by Gasteiger charge is 2.57. The van der Waals surface area contributed by atoms with E-state index in [2.05, 4.69) is 9.97 Å². The molecule has 6 rings (SSSR count). The van der Waals surface area contributed by atoms with Gasteiger partial charge in [0.1, 0.15) is 46.2 Å². The van der Waals surface area contributed by atoms with Gasteiger partial charge in [-0.3, -0.25) is 9.59 Å². The van der Waals surface area contributed by atoms with E-state index in [4.69, 9.17) is 15.2 Å². The fraction of sp³-hybridized carbons (Fsp3) is 0.312. The van der Waals surface area contributed by atoms with Gasteiger partial charge in [-0.15, -0.1) is 0 Å². The van der Waals surface area contributed by atoms with Crippen LogP contribution in [0.2, 0.25) is 0 Å². The van der Waals surface area contributed by atoms with E-state index in [9.17, 15) is 45.4 Å². The molecular formula is C32H25F7N4O5. The molecule has 48 heavy (non-hydrogen) atoms. The van der Waals surface area contributed by atoms with Crippen LogP contribution in [-0.2, 0) is 22.0 Å². The maximum atomic E-state index is 14.8. The van der Waals surface area contributed by atoms with Crippen LogP contribution in [0.4, 0.5) is 30.7 Å². The Kier molecular flexibility index (Phi) is 7.76. The normalized spacial score (nSPS) is 18.9. The average molecular weight is 679 g/mol. The van der Waals surface area contributed by atoms with E-state index in [0.717, 1.165) is 36.4 Å². The second kappa shape index (κ2) is 11.3. The van der Waals surface area contributed by atoms with Crippen LogP contribution in [0.15, 0.2) is 54.6 Å². The molecule has 1 aliphatic heterocycles. The van der Waals surface area contributed by atoms with Crippen molar-refractivity contribution in [2.24, 2.45) is 5.73 Å². The molecule has 0 spiro atoms. The number of carbonyl (C=O) groups excluding carboxylic acids is 2. The van der Waals surface area contributed by atoms with Crippen LogP contribution in [0.25, 0.3) is 22.2 Å². The summed E-state index contributed by atoms with van der Waals surface area (Å²) >= 11 is 0. The highest BCUT2D eigenvalue weighted by molar-refractivity contribution is 6.00.